The highest BCUT2D eigenvalue weighted by molar-refractivity contribution is 5.69. The lowest BCUT2D eigenvalue weighted by atomic mass is 10.2. The monoisotopic (exact) mass is 183 g/mol. The van der Waals surface area contributed by atoms with E-state index in [-0.39, 0.29) is 13.2 Å². The molecule has 0 saturated carbocycles. The van der Waals surface area contributed by atoms with Crippen molar-refractivity contribution in [1.82, 2.24) is 0 Å². The topological polar surface area (TPSA) is 38.8 Å². The molecule has 1 rings (SSSR count). The lowest BCUT2D eigenvalue weighted by Crippen LogP contribution is -2.09. The van der Waals surface area contributed by atoms with E-state index in [4.69, 9.17) is 19.8 Å². The summed E-state index contributed by atoms with van der Waals surface area (Å²) >= 11 is 0. The molecule has 1 fully saturated rings. The highest BCUT2D eigenvalue weighted by Gasteiger charge is 2.23. The molecule has 0 aliphatic carbocycles. The van der Waals surface area contributed by atoms with Gasteiger partial charge in [0, 0.05) is 21.5 Å². The second-order valence-electron chi connectivity index (χ2n) is 2.05. The van der Waals surface area contributed by atoms with E-state index in [0.717, 1.165) is 0 Å². The van der Waals surface area contributed by atoms with E-state index < -0.39 is 44.4 Å². The molecule has 0 aromatic rings. The SMILES string of the molecule is [2H]C([2H])([2H])C([2H])([2H])C([2H])([2H])C([2H])([2H])C([2H])([2H])C(=O)OCC1CO1. The third-order valence-electron chi connectivity index (χ3n) is 1.09. The molecule has 1 atom stereocenters. The van der Waals surface area contributed by atoms with Crippen LogP contribution in [0.25, 0.3) is 0 Å². The Morgan fingerprint density at radius 2 is 2.67 bits per heavy atom. The van der Waals surface area contributed by atoms with Crippen LogP contribution < -0.4 is 0 Å². The van der Waals surface area contributed by atoms with Gasteiger partial charge in [-0.05, 0) is 6.37 Å². The molecule has 1 unspecified atom stereocenters. The van der Waals surface area contributed by atoms with Crippen molar-refractivity contribution in [3.8, 4) is 0 Å². The van der Waals surface area contributed by atoms with Crippen LogP contribution in [0.15, 0.2) is 0 Å². The number of epoxide rings is 1. The number of carbonyl (C=O) groups is 1. The Balaban J connectivity index is 3.11. The Morgan fingerprint density at radius 3 is 3.33 bits per heavy atom. The summed E-state index contributed by atoms with van der Waals surface area (Å²) in [7, 11) is 0. The van der Waals surface area contributed by atoms with Crippen LogP contribution >= 0.6 is 0 Å². The predicted molar refractivity (Wildman–Crippen MR) is 44.8 cm³/mol. The first kappa shape index (κ1) is 2.47. The minimum absolute atomic E-state index is 0.283. The van der Waals surface area contributed by atoms with Gasteiger partial charge in [0.05, 0.1) is 6.61 Å². The number of hydrogen-bond donors (Lipinski definition) is 0. The average Bonchev–Trinajstić information content (AvgIpc) is 3.17. The molecule has 1 saturated heterocycles. The number of ether oxygens (including phenoxy) is 2. The number of carbonyl (C=O) groups excluding carboxylic acids is 1. The van der Waals surface area contributed by atoms with Gasteiger partial charge in [0.1, 0.15) is 12.7 Å². The average molecular weight is 183 g/mol. The van der Waals surface area contributed by atoms with Crippen molar-refractivity contribution in [2.75, 3.05) is 13.2 Å². The largest absolute Gasteiger partial charge is 0.463 e. The van der Waals surface area contributed by atoms with Crippen LogP contribution in [0, 0.1) is 0 Å². The number of rotatable bonds is 6. The molecular formula is C9H16O3. The van der Waals surface area contributed by atoms with Crippen LogP contribution in [0.3, 0.4) is 0 Å². The van der Waals surface area contributed by atoms with Crippen molar-refractivity contribution in [3.05, 3.63) is 0 Å². The normalized spacial score (nSPS) is 40.0. The first-order valence-corrected chi connectivity index (χ1v) is 3.29. The summed E-state index contributed by atoms with van der Waals surface area (Å²) in [5.41, 5.74) is 0. The van der Waals surface area contributed by atoms with Crippen LogP contribution in [-0.4, -0.2) is 25.3 Å². The molecule has 12 heavy (non-hydrogen) atoms. The standard InChI is InChI=1S/C9H16O3/c1-2-3-4-5-9(10)12-7-8-6-11-8/h8H,2-7H2,1H3/i1D3,2D2,3D2,4D2,5D2. The first-order chi connectivity index (χ1) is 10.00. The van der Waals surface area contributed by atoms with Gasteiger partial charge < -0.3 is 9.47 Å². The molecular weight excluding hydrogens is 156 g/mol. The third kappa shape index (κ3) is 4.34. The summed E-state index contributed by atoms with van der Waals surface area (Å²) in [6, 6.07) is 0. The van der Waals surface area contributed by atoms with Gasteiger partial charge in [-0.2, -0.15) is 0 Å². The Bertz CT molecular complexity index is 466. The Labute approximate surface area is 88.5 Å². The predicted octanol–water partition coefficient (Wildman–Crippen LogP) is 1.51. The van der Waals surface area contributed by atoms with E-state index in [9.17, 15) is 4.79 Å². The van der Waals surface area contributed by atoms with E-state index >= 15 is 0 Å². The molecule has 1 heterocycles. The van der Waals surface area contributed by atoms with E-state index in [0.29, 0.717) is 0 Å². The Hall–Kier alpha value is -0.570. The summed E-state index contributed by atoms with van der Waals surface area (Å²) < 4.78 is 90.4. The second-order valence-corrected chi connectivity index (χ2v) is 2.05. The van der Waals surface area contributed by atoms with Crippen LogP contribution in [0.4, 0.5) is 0 Å². The molecule has 3 heteroatoms. The zero-order valence-corrected chi connectivity index (χ0v) is 6.22. The van der Waals surface area contributed by atoms with Crippen LogP contribution in [0.5, 0.6) is 0 Å². The molecule has 0 N–H and O–H groups in total. The van der Waals surface area contributed by atoms with Crippen LogP contribution in [0.1, 0.15) is 47.4 Å². The van der Waals surface area contributed by atoms with Gasteiger partial charge in [-0.25, -0.2) is 0 Å². The van der Waals surface area contributed by atoms with E-state index in [1.807, 2.05) is 0 Å². The molecule has 0 radical (unpaired) electrons. The fourth-order valence-corrected chi connectivity index (χ4v) is 0.483. The lowest BCUT2D eigenvalue weighted by Gasteiger charge is -2.01. The number of hydrogen-bond acceptors (Lipinski definition) is 3. The zero-order chi connectivity index (χ0) is 18.5. The molecule has 1 aliphatic heterocycles. The molecule has 0 bridgehead atoms. The summed E-state index contributed by atoms with van der Waals surface area (Å²) in [5, 5.41) is 0. The highest BCUT2D eigenvalue weighted by Crippen LogP contribution is 2.09. The fourth-order valence-electron chi connectivity index (χ4n) is 0.483. The molecule has 70 valence electrons. The summed E-state index contributed by atoms with van der Waals surface area (Å²) in [4.78, 5) is 11.7. The first-order valence-electron chi connectivity index (χ1n) is 8.79. The Morgan fingerprint density at radius 1 is 1.83 bits per heavy atom. The van der Waals surface area contributed by atoms with Crippen molar-refractivity contribution in [2.45, 2.75) is 38.4 Å². The summed E-state index contributed by atoms with van der Waals surface area (Å²) in [5.74, 6) is -1.76. The smallest absolute Gasteiger partial charge is 0.305 e. The molecule has 0 amide bonds. The van der Waals surface area contributed by atoms with Gasteiger partial charge in [0.15, 0.2) is 0 Å². The van der Waals surface area contributed by atoms with Crippen molar-refractivity contribution in [2.24, 2.45) is 0 Å². The maximum Gasteiger partial charge on any atom is 0.305 e. The van der Waals surface area contributed by atoms with Crippen molar-refractivity contribution < 1.29 is 29.3 Å². The van der Waals surface area contributed by atoms with Gasteiger partial charge in [0.25, 0.3) is 0 Å². The van der Waals surface area contributed by atoms with E-state index in [2.05, 4.69) is 4.74 Å². The Kier molecular flexibility index (Phi) is 1.06. The van der Waals surface area contributed by atoms with Crippen LogP contribution in [-0.2, 0) is 14.3 Å². The van der Waals surface area contributed by atoms with E-state index in [1.165, 1.54) is 0 Å². The molecule has 0 aromatic heterocycles. The maximum atomic E-state index is 11.7. The van der Waals surface area contributed by atoms with Gasteiger partial charge in [0.2, 0.25) is 0 Å². The quantitative estimate of drug-likeness (QED) is 0.463. The van der Waals surface area contributed by atoms with Gasteiger partial charge in [-0.3, -0.25) is 4.79 Å². The third-order valence-corrected chi connectivity index (χ3v) is 1.09. The minimum Gasteiger partial charge on any atom is -0.463 e. The maximum absolute atomic E-state index is 11.7. The summed E-state index contributed by atoms with van der Waals surface area (Å²) in [6.45, 7) is -3.65. The lowest BCUT2D eigenvalue weighted by molar-refractivity contribution is -0.144. The minimum atomic E-state index is -3.86. The zero-order valence-electron chi connectivity index (χ0n) is 17.2. The van der Waals surface area contributed by atoms with Crippen molar-refractivity contribution >= 4 is 5.97 Å². The second kappa shape index (κ2) is 5.14. The van der Waals surface area contributed by atoms with Crippen molar-refractivity contribution in [1.29, 1.82) is 0 Å². The molecule has 0 aromatic carbocycles. The van der Waals surface area contributed by atoms with Gasteiger partial charge >= 0.3 is 5.97 Å². The highest BCUT2D eigenvalue weighted by atomic mass is 16.6. The number of esters is 1. The fraction of sp³-hybridized carbons (Fsp3) is 0.889. The van der Waals surface area contributed by atoms with Crippen molar-refractivity contribution in [3.63, 3.8) is 0 Å². The molecule has 1 aliphatic rings. The molecule has 0 spiro atoms. The molecule has 3 nitrogen and oxygen atoms in total. The van der Waals surface area contributed by atoms with E-state index in [1.54, 1.807) is 0 Å². The van der Waals surface area contributed by atoms with Gasteiger partial charge in [-0.1, -0.05) is 19.6 Å². The van der Waals surface area contributed by atoms with Gasteiger partial charge in [-0.15, -0.1) is 0 Å². The summed E-state index contributed by atoms with van der Waals surface area (Å²) in [6.07, 6.45) is -15.5. The van der Waals surface area contributed by atoms with Crippen LogP contribution in [0.2, 0.25) is 0 Å².